The van der Waals surface area contributed by atoms with Crippen molar-refractivity contribution in [2.24, 2.45) is 0 Å². The van der Waals surface area contributed by atoms with E-state index >= 15 is 0 Å². The first-order chi connectivity index (χ1) is 10.6. The summed E-state index contributed by atoms with van der Waals surface area (Å²) < 4.78 is 2.55. The lowest BCUT2D eigenvalue weighted by Crippen LogP contribution is -2.52. The number of carbonyl (C=O) groups is 1. The van der Waals surface area contributed by atoms with Gasteiger partial charge >= 0.3 is 0 Å². The molecule has 2 aromatic rings. The van der Waals surface area contributed by atoms with Crippen molar-refractivity contribution in [3.8, 4) is 5.69 Å². The van der Waals surface area contributed by atoms with Crippen LogP contribution in [0.3, 0.4) is 0 Å². The molecule has 116 valence electrons. The third-order valence-corrected chi connectivity index (χ3v) is 4.41. The van der Waals surface area contributed by atoms with Crippen LogP contribution in [-0.2, 0) is 0 Å². The lowest BCUT2D eigenvalue weighted by atomic mass is 9.90. The van der Waals surface area contributed by atoms with Crippen LogP contribution in [0.1, 0.15) is 30.3 Å². The van der Waals surface area contributed by atoms with Crippen molar-refractivity contribution in [1.82, 2.24) is 25.6 Å². The molecule has 1 amide bonds. The van der Waals surface area contributed by atoms with E-state index in [2.05, 4.69) is 43.8 Å². The SMILES string of the molecule is CC1(NC(=O)c2cn(-c3cccc(Br)c3)nn2)CCNCC1. The zero-order valence-corrected chi connectivity index (χ0v) is 13.9. The molecule has 7 heteroatoms. The van der Waals surface area contributed by atoms with Gasteiger partial charge in [0, 0.05) is 10.0 Å². The highest BCUT2D eigenvalue weighted by molar-refractivity contribution is 9.10. The third kappa shape index (κ3) is 3.36. The van der Waals surface area contributed by atoms with Crippen molar-refractivity contribution in [2.45, 2.75) is 25.3 Å². The maximum absolute atomic E-state index is 12.4. The van der Waals surface area contributed by atoms with Gasteiger partial charge in [0.15, 0.2) is 5.69 Å². The Balaban J connectivity index is 1.74. The van der Waals surface area contributed by atoms with Crippen LogP contribution in [0.2, 0.25) is 0 Å². The number of benzene rings is 1. The first kappa shape index (κ1) is 15.2. The average molecular weight is 364 g/mol. The van der Waals surface area contributed by atoms with Crippen LogP contribution < -0.4 is 10.6 Å². The molecule has 0 unspecified atom stereocenters. The van der Waals surface area contributed by atoms with Gasteiger partial charge in [0.1, 0.15) is 0 Å². The van der Waals surface area contributed by atoms with Crippen LogP contribution in [0.15, 0.2) is 34.9 Å². The quantitative estimate of drug-likeness (QED) is 0.873. The monoisotopic (exact) mass is 363 g/mol. The van der Waals surface area contributed by atoms with Crippen LogP contribution in [0.5, 0.6) is 0 Å². The van der Waals surface area contributed by atoms with E-state index < -0.39 is 0 Å². The second kappa shape index (κ2) is 6.18. The van der Waals surface area contributed by atoms with Gasteiger partial charge in [-0.1, -0.05) is 27.2 Å². The summed E-state index contributed by atoms with van der Waals surface area (Å²) in [5, 5.41) is 14.4. The van der Waals surface area contributed by atoms with Crippen LogP contribution >= 0.6 is 15.9 Å². The summed E-state index contributed by atoms with van der Waals surface area (Å²) in [6, 6.07) is 7.68. The highest BCUT2D eigenvalue weighted by atomic mass is 79.9. The number of halogens is 1. The minimum absolute atomic E-state index is 0.175. The second-order valence-electron chi connectivity index (χ2n) is 5.79. The summed E-state index contributed by atoms with van der Waals surface area (Å²) in [6.07, 6.45) is 3.48. The van der Waals surface area contributed by atoms with Crippen molar-refractivity contribution in [3.63, 3.8) is 0 Å². The van der Waals surface area contributed by atoms with E-state index in [1.807, 2.05) is 24.3 Å². The number of piperidine rings is 1. The Labute approximate surface area is 137 Å². The number of hydrogen-bond acceptors (Lipinski definition) is 4. The minimum Gasteiger partial charge on any atom is -0.345 e. The van der Waals surface area contributed by atoms with Gasteiger partial charge in [-0.25, -0.2) is 4.68 Å². The first-order valence-electron chi connectivity index (χ1n) is 7.27. The predicted molar refractivity (Wildman–Crippen MR) is 87.0 cm³/mol. The zero-order chi connectivity index (χ0) is 15.6. The molecule has 3 rings (SSSR count). The highest BCUT2D eigenvalue weighted by Crippen LogP contribution is 2.18. The van der Waals surface area contributed by atoms with E-state index in [-0.39, 0.29) is 11.4 Å². The fourth-order valence-corrected chi connectivity index (χ4v) is 2.94. The topological polar surface area (TPSA) is 71.8 Å². The zero-order valence-electron chi connectivity index (χ0n) is 12.3. The Morgan fingerprint density at radius 1 is 1.41 bits per heavy atom. The number of nitrogens with zero attached hydrogens (tertiary/aromatic N) is 3. The molecule has 1 fully saturated rings. The first-order valence-corrected chi connectivity index (χ1v) is 8.07. The van der Waals surface area contributed by atoms with Crippen molar-refractivity contribution < 1.29 is 4.79 Å². The molecule has 1 aliphatic rings. The Hall–Kier alpha value is -1.73. The number of aromatic nitrogens is 3. The average Bonchev–Trinajstić information content (AvgIpc) is 2.97. The molecule has 2 heterocycles. The Bertz CT molecular complexity index is 678. The largest absolute Gasteiger partial charge is 0.345 e. The van der Waals surface area contributed by atoms with Gasteiger partial charge in [-0.15, -0.1) is 5.10 Å². The summed E-state index contributed by atoms with van der Waals surface area (Å²) in [5.74, 6) is -0.175. The maximum Gasteiger partial charge on any atom is 0.273 e. The molecule has 22 heavy (non-hydrogen) atoms. The Kier molecular flexibility index (Phi) is 4.26. The van der Waals surface area contributed by atoms with Crippen LogP contribution in [-0.4, -0.2) is 39.5 Å². The molecule has 0 aliphatic carbocycles. The second-order valence-corrected chi connectivity index (χ2v) is 6.71. The van der Waals surface area contributed by atoms with Gasteiger partial charge in [0.2, 0.25) is 0 Å². The predicted octanol–water partition coefficient (Wildman–Crippen LogP) is 1.90. The van der Waals surface area contributed by atoms with Gasteiger partial charge in [-0.3, -0.25) is 4.79 Å². The van der Waals surface area contributed by atoms with Gasteiger partial charge in [0.25, 0.3) is 5.91 Å². The molecule has 1 saturated heterocycles. The lowest BCUT2D eigenvalue weighted by molar-refractivity contribution is 0.0882. The Morgan fingerprint density at radius 2 is 2.18 bits per heavy atom. The molecule has 0 spiro atoms. The molecule has 0 atom stereocenters. The fourth-order valence-electron chi connectivity index (χ4n) is 2.55. The summed E-state index contributed by atoms with van der Waals surface area (Å²) in [7, 11) is 0. The van der Waals surface area contributed by atoms with E-state index in [1.165, 1.54) is 0 Å². The molecule has 1 aromatic carbocycles. The highest BCUT2D eigenvalue weighted by Gasteiger charge is 2.29. The summed E-state index contributed by atoms with van der Waals surface area (Å²) in [5.41, 5.74) is 1.01. The van der Waals surface area contributed by atoms with Crippen LogP contribution in [0.4, 0.5) is 0 Å². The minimum atomic E-state index is -0.179. The van der Waals surface area contributed by atoms with E-state index in [0.29, 0.717) is 5.69 Å². The summed E-state index contributed by atoms with van der Waals surface area (Å²) in [4.78, 5) is 12.4. The standard InChI is InChI=1S/C15H18BrN5O/c1-15(5-7-17-8-6-15)18-14(22)13-10-21(20-19-13)12-4-2-3-11(16)9-12/h2-4,9-10,17H,5-8H2,1H3,(H,18,22). The molecule has 0 radical (unpaired) electrons. The number of carbonyl (C=O) groups excluding carboxylic acids is 1. The molecule has 1 aliphatic heterocycles. The van der Waals surface area contributed by atoms with Gasteiger partial charge in [0.05, 0.1) is 11.9 Å². The van der Waals surface area contributed by atoms with Gasteiger partial charge in [-0.05, 0) is 51.1 Å². The maximum atomic E-state index is 12.4. The van der Waals surface area contributed by atoms with Crippen LogP contribution in [0, 0.1) is 0 Å². The van der Waals surface area contributed by atoms with Gasteiger partial charge in [-0.2, -0.15) is 0 Å². The molecular formula is C15H18BrN5O. The molecule has 2 N–H and O–H groups in total. The summed E-state index contributed by atoms with van der Waals surface area (Å²) >= 11 is 3.42. The van der Waals surface area contributed by atoms with E-state index in [0.717, 1.165) is 36.1 Å². The van der Waals surface area contributed by atoms with E-state index in [1.54, 1.807) is 10.9 Å². The fraction of sp³-hybridized carbons (Fsp3) is 0.400. The number of amides is 1. The smallest absolute Gasteiger partial charge is 0.273 e. The number of nitrogens with one attached hydrogen (secondary N) is 2. The van der Waals surface area contributed by atoms with Gasteiger partial charge < -0.3 is 10.6 Å². The molecule has 0 bridgehead atoms. The van der Waals surface area contributed by atoms with Crippen molar-refractivity contribution in [2.75, 3.05) is 13.1 Å². The normalized spacial score (nSPS) is 17.2. The molecular weight excluding hydrogens is 346 g/mol. The van der Waals surface area contributed by atoms with Crippen molar-refractivity contribution >= 4 is 21.8 Å². The lowest BCUT2D eigenvalue weighted by Gasteiger charge is -2.34. The van der Waals surface area contributed by atoms with E-state index in [4.69, 9.17) is 0 Å². The number of rotatable bonds is 3. The third-order valence-electron chi connectivity index (χ3n) is 3.92. The van der Waals surface area contributed by atoms with E-state index in [9.17, 15) is 4.79 Å². The summed E-state index contributed by atoms with van der Waals surface area (Å²) in [6.45, 7) is 3.91. The molecule has 6 nitrogen and oxygen atoms in total. The Morgan fingerprint density at radius 3 is 2.91 bits per heavy atom. The van der Waals surface area contributed by atoms with Crippen molar-refractivity contribution in [1.29, 1.82) is 0 Å². The van der Waals surface area contributed by atoms with Crippen molar-refractivity contribution in [3.05, 3.63) is 40.6 Å². The van der Waals surface area contributed by atoms with Crippen LogP contribution in [0.25, 0.3) is 5.69 Å². The molecule has 1 aromatic heterocycles. The number of hydrogen-bond donors (Lipinski definition) is 2. The molecule has 0 saturated carbocycles.